The Morgan fingerprint density at radius 1 is 1.43 bits per heavy atom. The van der Waals surface area contributed by atoms with Gasteiger partial charge in [0.1, 0.15) is 0 Å². The van der Waals surface area contributed by atoms with Crippen molar-refractivity contribution >= 4 is 60.8 Å². The highest BCUT2D eigenvalue weighted by Gasteiger charge is 2.26. The van der Waals surface area contributed by atoms with E-state index in [2.05, 4.69) is 37.2 Å². The van der Waals surface area contributed by atoms with Crippen LogP contribution in [0.4, 0.5) is 4.79 Å². The predicted octanol–water partition coefficient (Wildman–Crippen LogP) is 4.03. The summed E-state index contributed by atoms with van der Waals surface area (Å²) in [5.74, 6) is -0.250. The molecule has 1 aromatic rings. The van der Waals surface area contributed by atoms with Gasteiger partial charge in [-0.1, -0.05) is 6.92 Å². The first kappa shape index (κ1) is 16.4. The molecule has 2 amide bonds. The molecule has 8 heteroatoms. The van der Waals surface area contributed by atoms with E-state index in [1.54, 1.807) is 6.07 Å². The molecule has 0 aromatic heterocycles. The number of phenols is 1. The number of amides is 2. The van der Waals surface area contributed by atoms with Crippen LogP contribution >= 0.6 is 43.6 Å². The second-order valence-electron chi connectivity index (χ2n) is 4.13. The first-order chi connectivity index (χ1) is 9.93. The van der Waals surface area contributed by atoms with Crippen LogP contribution in [0.2, 0.25) is 0 Å². The minimum absolute atomic E-state index is 0.0845. The molecule has 1 aromatic carbocycles. The van der Waals surface area contributed by atoms with Crippen LogP contribution in [0.25, 0.3) is 6.08 Å². The fourth-order valence-electron chi connectivity index (χ4n) is 1.62. The Labute approximate surface area is 142 Å². The Balaban J connectivity index is 2.47. The van der Waals surface area contributed by atoms with Crippen molar-refractivity contribution < 1.29 is 19.4 Å². The van der Waals surface area contributed by atoms with Gasteiger partial charge in [0.25, 0.3) is 11.1 Å². The predicted molar refractivity (Wildman–Crippen MR) is 88.4 cm³/mol. The number of ether oxygens (including phenoxy) is 1. The molecule has 0 unspecified atom stereocenters. The van der Waals surface area contributed by atoms with E-state index in [0.717, 1.165) is 18.2 Å². The minimum Gasteiger partial charge on any atom is -0.504 e. The molecule has 112 valence electrons. The van der Waals surface area contributed by atoms with Gasteiger partial charge in [-0.2, -0.15) is 0 Å². The molecule has 21 heavy (non-hydrogen) atoms. The van der Waals surface area contributed by atoms with Crippen LogP contribution in [0.5, 0.6) is 11.5 Å². The van der Waals surface area contributed by atoms with E-state index >= 15 is 0 Å². The number of carbonyl (C=O) groups is 2. The Bertz CT molecular complexity index is 646. The molecule has 0 radical (unpaired) electrons. The Morgan fingerprint density at radius 3 is 2.71 bits per heavy atom. The Morgan fingerprint density at radius 2 is 2.14 bits per heavy atom. The van der Waals surface area contributed by atoms with Crippen LogP contribution in [0, 0.1) is 0 Å². The third-order valence-electron chi connectivity index (χ3n) is 2.57. The van der Waals surface area contributed by atoms with Crippen molar-refractivity contribution in [2.24, 2.45) is 0 Å². The van der Waals surface area contributed by atoms with Crippen molar-refractivity contribution in [3.63, 3.8) is 0 Å². The highest BCUT2D eigenvalue weighted by molar-refractivity contribution is 9.13. The average molecular weight is 437 g/mol. The number of hydrogen-bond acceptors (Lipinski definition) is 5. The molecule has 5 nitrogen and oxygen atoms in total. The average Bonchev–Trinajstić information content (AvgIpc) is 2.75. The van der Waals surface area contributed by atoms with E-state index in [-0.39, 0.29) is 10.7 Å². The Kier molecular flexibility index (Phi) is 5.34. The van der Waals surface area contributed by atoms with Crippen molar-refractivity contribution in [3.05, 3.63) is 25.5 Å². The first-order valence-electron chi connectivity index (χ1n) is 6.02. The lowest BCUT2D eigenvalue weighted by Crippen LogP contribution is -2.17. The van der Waals surface area contributed by atoms with Crippen molar-refractivity contribution in [2.75, 3.05) is 6.61 Å². The van der Waals surface area contributed by atoms with Crippen molar-refractivity contribution in [1.82, 2.24) is 5.32 Å². The van der Waals surface area contributed by atoms with Crippen molar-refractivity contribution in [2.45, 2.75) is 13.3 Å². The zero-order chi connectivity index (χ0) is 15.6. The van der Waals surface area contributed by atoms with Gasteiger partial charge in [-0.25, -0.2) is 0 Å². The summed E-state index contributed by atoms with van der Waals surface area (Å²) >= 11 is 7.49. The lowest BCUT2D eigenvalue weighted by atomic mass is 10.1. The number of phenolic OH excluding ortho intramolecular Hbond substituents is 1. The van der Waals surface area contributed by atoms with E-state index in [9.17, 15) is 14.7 Å². The molecule has 2 N–H and O–H groups in total. The monoisotopic (exact) mass is 435 g/mol. The molecule has 1 fully saturated rings. The molecule has 1 heterocycles. The van der Waals surface area contributed by atoms with Crippen molar-refractivity contribution in [3.8, 4) is 11.5 Å². The maximum atomic E-state index is 11.6. The smallest absolute Gasteiger partial charge is 0.290 e. The summed E-state index contributed by atoms with van der Waals surface area (Å²) in [5.41, 5.74) is 0.378. The summed E-state index contributed by atoms with van der Waals surface area (Å²) in [6.07, 6.45) is 2.25. The largest absolute Gasteiger partial charge is 0.504 e. The second kappa shape index (κ2) is 6.85. The summed E-state index contributed by atoms with van der Waals surface area (Å²) in [4.78, 5) is 23.0. The van der Waals surface area contributed by atoms with Gasteiger partial charge >= 0.3 is 0 Å². The fraction of sp³-hybridized carbons (Fsp3) is 0.231. The molecule has 0 atom stereocenters. The number of benzene rings is 1. The molecule has 0 spiro atoms. The number of rotatable bonds is 4. The van der Waals surface area contributed by atoms with E-state index in [1.807, 2.05) is 6.92 Å². The highest BCUT2D eigenvalue weighted by Crippen LogP contribution is 2.43. The summed E-state index contributed by atoms with van der Waals surface area (Å²) in [5, 5.41) is 12.0. The van der Waals surface area contributed by atoms with Gasteiger partial charge in [0.2, 0.25) is 0 Å². The molecule has 0 bridgehead atoms. The molecule has 1 aliphatic rings. The molecular formula is C13H11Br2NO4S. The van der Waals surface area contributed by atoms with E-state index in [1.165, 1.54) is 6.08 Å². The quantitative estimate of drug-likeness (QED) is 0.697. The van der Waals surface area contributed by atoms with E-state index in [0.29, 0.717) is 26.9 Å². The lowest BCUT2D eigenvalue weighted by Gasteiger charge is -2.12. The van der Waals surface area contributed by atoms with Gasteiger partial charge in [0, 0.05) is 14.5 Å². The lowest BCUT2D eigenvalue weighted by molar-refractivity contribution is -0.115. The summed E-state index contributed by atoms with van der Waals surface area (Å²) < 4.78 is 6.72. The molecule has 1 saturated heterocycles. The number of aromatic hydroxyl groups is 1. The van der Waals surface area contributed by atoms with Crippen LogP contribution in [0.15, 0.2) is 19.9 Å². The third-order valence-corrected chi connectivity index (χ3v) is 5.39. The zero-order valence-electron chi connectivity index (χ0n) is 10.9. The molecular weight excluding hydrogens is 426 g/mol. The van der Waals surface area contributed by atoms with Gasteiger partial charge in [-0.3, -0.25) is 14.9 Å². The molecule has 1 aliphatic heterocycles. The second-order valence-corrected chi connectivity index (χ2v) is 6.80. The number of halogens is 2. The van der Waals surface area contributed by atoms with E-state index < -0.39 is 11.1 Å². The van der Waals surface area contributed by atoms with Crippen LogP contribution in [0.3, 0.4) is 0 Å². The number of imide groups is 1. The number of nitrogens with one attached hydrogen (secondary N) is 1. The van der Waals surface area contributed by atoms with Crippen LogP contribution in [-0.4, -0.2) is 22.9 Å². The van der Waals surface area contributed by atoms with Crippen LogP contribution in [-0.2, 0) is 4.79 Å². The van der Waals surface area contributed by atoms with Gasteiger partial charge < -0.3 is 9.84 Å². The highest BCUT2D eigenvalue weighted by atomic mass is 79.9. The van der Waals surface area contributed by atoms with Gasteiger partial charge in [-0.05, 0) is 62.2 Å². The maximum absolute atomic E-state index is 11.6. The number of thioether (sulfide) groups is 1. The van der Waals surface area contributed by atoms with Gasteiger partial charge in [0.15, 0.2) is 11.5 Å². The molecule has 2 rings (SSSR count). The molecule has 0 aliphatic carbocycles. The summed E-state index contributed by atoms with van der Waals surface area (Å²) in [6.45, 7) is 2.42. The fourth-order valence-corrected chi connectivity index (χ4v) is 3.12. The molecule has 0 saturated carbocycles. The minimum atomic E-state index is -0.479. The third kappa shape index (κ3) is 3.61. The maximum Gasteiger partial charge on any atom is 0.290 e. The topological polar surface area (TPSA) is 75.6 Å². The van der Waals surface area contributed by atoms with Gasteiger partial charge in [0.05, 0.1) is 11.5 Å². The zero-order valence-corrected chi connectivity index (χ0v) is 14.9. The number of hydrogen-bond donors (Lipinski definition) is 2. The summed E-state index contributed by atoms with van der Waals surface area (Å²) in [6, 6.07) is 1.64. The normalized spacial score (nSPS) is 16.4. The number of carbonyl (C=O) groups excluding carboxylic acids is 2. The summed E-state index contributed by atoms with van der Waals surface area (Å²) in [7, 11) is 0. The SMILES string of the molecule is CCCOc1cc(Br)c(Br)c(C=C2SC(=O)NC2=O)c1O. The Hall–Kier alpha value is -0.990. The van der Waals surface area contributed by atoms with Crippen LogP contribution < -0.4 is 10.1 Å². The van der Waals surface area contributed by atoms with Crippen molar-refractivity contribution in [1.29, 1.82) is 0 Å². The van der Waals surface area contributed by atoms with E-state index in [4.69, 9.17) is 4.74 Å². The standard InChI is InChI=1S/C13H11Br2NO4S/c1-2-3-20-8-5-7(14)10(15)6(11(8)17)4-9-12(18)16-13(19)21-9/h4-5,17H,2-3H2,1H3,(H,16,18,19). The van der Waals surface area contributed by atoms with Gasteiger partial charge in [-0.15, -0.1) is 0 Å². The van der Waals surface area contributed by atoms with Crippen LogP contribution in [0.1, 0.15) is 18.9 Å². The first-order valence-corrected chi connectivity index (χ1v) is 8.43.